The standard InChI is InChI=1S/C8H19BN2/c1-8(10)6-11-5-7(8)3-2-4-9/h7,11H,2-6,9-10H2,1H3/t7-,8+/m1/s1. The molecule has 0 aromatic carbocycles. The van der Waals surface area contributed by atoms with Gasteiger partial charge in [-0.3, -0.25) is 0 Å². The SMILES string of the molecule is BCCC[C@@H]1CNC[C@]1(C)N. The van der Waals surface area contributed by atoms with Crippen LogP contribution in [0.1, 0.15) is 19.8 Å². The lowest BCUT2D eigenvalue weighted by atomic mass is 9.84. The summed E-state index contributed by atoms with van der Waals surface area (Å²) in [7, 11) is 2.23. The van der Waals surface area contributed by atoms with Gasteiger partial charge in [0.15, 0.2) is 0 Å². The van der Waals surface area contributed by atoms with Crippen LogP contribution in [0.3, 0.4) is 0 Å². The molecule has 0 amide bonds. The highest BCUT2D eigenvalue weighted by Gasteiger charge is 2.33. The predicted octanol–water partition coefficient (Wildman–Crippen LogP) is -0.245. The summed E-state index contributed by atoms with van der Waals surface area (Å²) in [6, 6.07) is 0. The number of hydrogen-bond donors (Lipinski definition) is 2. The zero-order chi connectivity index (χ0) is 8.32. The smallest absolute Gasteiger partial charge is 0.101 e. The van der Waals surface area contributed by atoms with Gasteiger partial charge in [-0.2, -0.15) is 0 Å². The lowest BCUT2D eigenvalue weighted by molar-refractivity contribution is 0.352. The van der Waals surface area contributed by atoms with Crippen LogP contribution in [0.5, 0.6) is 0 Å². The minimum Gasteiger partial charge on any atom is -0.324 e. The van der Waals surface area contributed by atoms with Crippen molar-refractivity contribution in [2.75, 3.05) is 13.1 Å². The first-order chi connectivity index (χ1) is 5.17. The average molecular weight is 154 g/mol. The Balaban J connectivity index is 2.32. The molecule has 1 aliphatic heterocycles. The fraction of sp³-hybridized carbons (Fsp3) is 1.00. The van der Waals surface area contributed by atoms with E-state index < -0.39 is 0 Å². The molecule has 0 aromatic rings. The highest BCUT2D eigenvalue weighted by atomic mass is 15.0. The summed E-state index contributed by atoms with van der Waals surface area (Å²) in [4.78, 5) is 0. The predicted molar refractivity (Wildman–Crippen MR) is 51.5 cm³/mol. The highest BCUT2D eigenvalue weighted by molar-refractivity contribution is 6.08. The Morgan fingerprint density at radius 1 is 1.73 bits per heavy atom. The number of hydrogen-bond acceptors (Lipinski definition) is 2. The maximum atomic E-state index is 6.10. The summed E-state index contributed by atoms with van der Waals surface area (Å²) in [5.41, 5.74) is 6.15. The molecule has 2 atom stereocenters. The van der Waals surface area contributed by atoms with Gasteiger partial charge in [0.25, 0.3) is 0 Å². The molecule has 0 unspecified atom stereocenters. The molecule has 0 radical (unpaired) electrons. The molecular weight excluding hydrogens is 135 g/mol. The van der Waals surface area contributed by atoms with E-state index in [4.69, 9.17) is 5.73 Å². The first-order valence-electron chi connectivity index (χ1n) is 4.66. The lowest BCUT2D eigenvalue weighted by Gasteiger charge is -2.25. The van der Waals surface area contributed by atoms with Gasteiger partial charge in [-0.1, -0.05) is 12.7 Å². The van der Waals surface area contributed by atoms with Crippen molar-refractivity contribution in [1.82, 2.24) is 5.32 Å². The van der Waals surface area contributed by atoms with E-state index in [9.17, 15) is 0 Å². The van der Waals surface area contributed by atoms with Gasteiger partial charge in [0.2, 0.25) is 0 Å². The van der Waals surface area contributed by atoms with Gasteiger partial charge in [0.1, 0.15) is 7.85 Å². The Morgan fingerprint density at radius 2 is 2.45 bits per heavy atom. The van der Waals surface area contributed by atoms with Crippen molar-refractivity contribution < 1.29 is 0 Å². The van der Waals surface area contributed by atoms with E-state index in [2.05, 4.69) is 20.1 Å². The molecule has 0 aromatic heterocycles. The van der Waals surface area contributed by atoms with Crippen LogP contribution in [0, 0.1) is 5.92 Å². The molecule has 0 aliphatic carbocycles. The van der Waals surface area contributed by atoms with E-state index in [1.54, 1.807) is 0 Å². The van der Waals surface area contributed by atoms with Gasteiger partial charge in [-0.05, 0) is 25.8 Å². The largest absolute Gasteiger partial charge is 0.324 e. The van der Waals surface area contributed by atoms with Crippen molar-refractivity contribution >= 4 is 7.85 Å². The molecule has 3 N–H and O–H groups in total. The monoisotopic (exact) mass is 154 g/mol. The maximum absolute atomic E-state index is 6.10. The Bertz CT molecular complexity index is 125. The topological polar surface area (TPSA) is 38.0 Å². The van der Waals surface area contributed by atoms with Gasteiger partial charge in [-0.25, -0.2) is 0 Å². The van der Waals surface area contributed by atoms with Gasteiger partial charge < -0.3 is 11.1 Å². The van der Waals surface area contributed by atoms with Crippen LogP contribution < -0.4 is 11.1 Å². The van der Waals surface area contributed by atoms with Crippen LogP contribution in [0.2, 0.25) is 6.32 Å². The lowest BCUT2D eigenvalue weighted by Crippen LogP contribution is -2.44. The van der Waals surface area contributed by atoms with Crippen molar-refractivity contribution in [3.05, 3.63) is 0 Å². The molecule has 1 fully saturated rings. The molecule has 0 spiro atoms. The van der Waals surface area contributed by atoms with Crippen LogP contribution in [-0.4, -0.2) is 26.5 Å². The zero-order valence-electron chi connectivity index (χ0n) is 7.69. The van der Waals surface area contributed by atoms with E-state index in [-0.39, 0.29) is 5.54 Å². The van der Waals surface area contributed by atoms with Crippen molar-refractivity contribution in [2.24, 2.45) is 11.7 Å². The number of nitrogens with two attached hydrogens (primary N) is 1. The molecule has 2 nitrogen and oxygen atoms in total. The van der Waals surface area contributed by atoms with Crippen molar-refractivity contribution in [3.8, 4) is 0 Å². The quantitative estimate of drug-likeness (QED) is 0.550. The third-order valence-corrected chi connectivity index (χ3v) is 2.74. The number of nitrogens with one attached hydrogen (secondary N) is 1. The van der Waals surface area contributed by atoms with Crippen LogP contribution in [0.25, 0.3) is 0 Å². The fourth-order valence-electron chi connectivity index (χ4n) is 1.78. The second-order valence-corrected chi connectivity index (χ2v) is 3.98. The molecule has 0 bridgehead atoms. The Kier molecular flexibility index (Phi) is 2.96. The molecule has 11 heavy (non-hydrogen) atoms. The van der Waals surface area contributed by atoms with Crippen molar-refractivity contribution in [2.45, 2.75) is 31.6 Å². The van der Waals surface area contributed by atoms with Crippen molar-refractivity contribution in [3.63, 3.8) is 0 Å². The van der Waals surface area contributed by atoms with E-state index >= 15 is 0 Å². The molecule has 3 heteroatoms. The minimum absolute atomic E-state index is 0.0508. The summed E-state index contributed by atoms with van der Waals surface area (Å²) >= 11 is 0. The zero-order valence-corrected chi connectivity index (χ0v) is 7.69. The van der Waals surface area contributed by atoms with Crippen LogP contribution in [0.15, 0.2) is 0 Å². The average Bonchev–Trinajstić information content (AvgIpc) is 2.25. The van der Waals surface area contributed by atoms with E-state index in [1.807, 2.05) is 0 Å². The second-order valence-electron chi connectivity index (χ2n) is 3.98. The molecule has 1 heterocycles. The van der Waals surface area contributed by atoms with Gasteiger partial charge in [0, 0.05) is 12.1 Å². The van der Waals surface area contributed by atoms with E-state index in [0.717, 1.165) is 13.1 Å². The van der Waals surface area contributed by atoms with Gasteiger partial charge >= 0.3 is 0 Å². The first-order valence-corrected chi connectivity index (χ1v) is 4.66. The van der Waals surface area contributed by atoms with Gasteiger partial charge in [-0.15, -0.1) is 0 Å². The van der Waals surface area contributed by atoms with Crippen molar-refractivity contribution in [1.29, 1.82) is 0 Å². The van der Waals surface area contributed by atoms with Crippen LogP contribution in [-0.2, 0) is 0 Å². The van der Waals surface area contributed by atoms with E-state index in [0.29, 0.717) is 5.92 Å². The summed E-state index contributed by atoms with van der Waals surface area (Å²) in [6.45, 7) is 4.27. The Hall–Kier alpha value is -0.0151. The maximum Gasteiger partial charge on any atom is 0.101 e. The molecular formula is C8H19BN2. The Morgan fingerprint density at radius 3 is 2.91 bits per heavy atom. The third kappa shape index (κ3) is 2.21. The first kappa shape index (κ1) is 9.08. The molecule has 64 valence electrons. The minimum atomic E-state index is 0.0508. The molecule has 1 rings (SSSR count). The molecule has 1 saturated heterocycles. The molecule has 1 aliphatic rings. The molecule has 0 saturated carbocycles. The number of rotatable bonds is 3. The fourth-order valence-corrected chi connectivity index (χ4v) is 1.78. The summed E-state index contributed by atoms with van der Waals surface area (Å²) < 4.78 is 0. The summed E-state index contributed by atoms with van der Waals surface area (Å²) in [5, 5.41) is 3.35. The highest BCUT2D eigenvalue weighted by Crippen LogP contribution is 2.23. The van der Waals surface area contributed by atoms with Crippen LogP contribution in [0.4, 0.5) is 0 Å². The normalized spacial score (nSPS) is 37.8. The second kappa shape index (κ2) is 3.59. The van der Waals surface area contributed by atoms with Crippen LogP contribution >= 0.6 is 0 Å². The Labute approximate surface area is 70.3 Å². The van der Waals surface area contributed by atoms with E-state index in [1.165, 1.54) is 19.2 Å². The summed E-state index contributed by atoms with van der Waals surface area (Å²) in [6.07, 6.45) is 3.89. The van der Waals surface area contributed by atoms with Gasteiger partial charge in [0.05, 0.1) is 0 Å². The summed E-state index contributed by atoms with van der Waals surface area (Å²) in [5.74, 6) is 0.697. The third-order valence-electron chi connectivity index (χ3n) is 2.74.